The first-order chi connectivity index (χ1) is 16.4. The molecule has 1 aromatic carbocycles. The lowest BCUT2D eigenvalue weighted by Crippen LogP contribution is -2.49. The van der Waals surface area contributed by atoms with Crippen LogP contribution in [0.15, 0.2) is 34.3 Å². The number of hydrogen-bond acceptors (Lipinski definition) is 6. The summed E-state index contributed by atoms with van der Waals surface area (Å²) in [7, 11) is -4.14. The molecule has 1 aromatic rings. The van der Waals surface area contributed by atoms with E-state index in [1.807, 2.05) is 0 Å². The van der Waals surface area contributed by atoms with Gasteiger partial charge in [-0.3, -0.25) is 4.79 Å². The third kappa shape index (κ3) is 5.37. The molecule has 10 nitrogen and oxygen atoms in total. The number of halogens is 3. The summed E-state index contributed by atoms with van der Waals surface area (Å²) in [5.41, 5.74) is -1.71. The number of nitrogens with one attached hydrogen (secondary N) is 1. The number of alkyl halides is 3. The first-order valence-electron chi connectivity index (χ1n) is 11.1. The molecule has 2 fully saturated rings. The summed E-state index contributed by atoms with van der Waals surface area (Å²) >= 11 is 0. The topological polar surface area (TPSA) is 129 Å². The molecule has 3 aliphatic rings. The van der Waals surface area contributed by atoms with Gasteiger partial charge in [-0.25, -0.2) is 13.2 Å². The van der Waals surface area contributed by atoms with E-state index in [2.05, 4.69) is 10.5 Å². The zero-order valence-corrected chi connectivity index (χ0v) is 19.4. The van der Waals surface area contributed by atoms with Gasteiger partial charge in [0.1, 0.15) is 11.3 Å². The second-order valence-corrected chi connectivity index (χ2v) is 10.9. The zero-order chi connectivity index (χ0) is 25.4. The molecule has 0 aliphatic carbocycles. The highest BCUT2D eigenvalue weighted by Gasteiger charge is 2.46. The average molecular weight is 519 g/mol. The number of carbonyl (C=O) groups is 2. The number of carboxylic acid groups (broad SMARTS) is 1. The maximum absolute atomic E-state index is 13.0. The summed E-state index contributed by atoms with van der Waals surface area (Å²) in [5, 5.41) is 15.8. The monoisotopic (exact) mass is 518 g/mol. The number of piperidine rings is 2. The van der Waals surface area contributed by atoms with Gasteiger partial charge in [0.05, 0.1) is 10.5 Å². The number of benzene rings is 1. The van der Waals surface area contributed by atoms with Crippen LogP contribution in [0.25, 0.3) is 0 Å². The van der Waals surface area contributed by atoms with Crippen molar-refractivity contribution in [1.29, 1.82) is 0 Å². The number of oxime groups is 1. The maximum atomic E-state index is 13.0. The van der Waals surface area contributed by atoms with Gasteiger partial charge in [-0.15, -0.1) is 0 Å². The molecule has 2 N–H and O–H groups in total. The van der Waals surface area contributed by atoms with E-state index < -0.39 is 44.3 Å². The van der Waals surface area contributed by atoms with E-state index in [-0.39, 0.29) is 44.1 Å². The molecule has 4 rings (SSSR count). The Hall–Kier alpha value is -2.87. The molecule has 2 amide bonds. The Balaban J connectivity index is 1.32. The predicted molar refractivity (Wildman–Crippen MR) is 116 cm³/mol. The second-order valence-electron chi connectivity index (χ2n) is 8.94. The van der Waals surface area contributed by atoms with Crippen LogP contribution in [0, 0.1) is 0 Å². The molecule has 192 valence electrons. The quantitative estimate of drug-likeness (QED) is 0.629. The Morgan fingerprint density at radius 1 is 1.14 bits per heavy atom. The van der Waals surface area contributed by atoms with E-state index in [4.69, 9.17) is 9.94 Å². The number of amides is 2. The standard InChI is InChI=1S/C21H25F3N4O6S/c22-21(23,24)14-2-1-3-16(12-14)35(32,33)28-10-6-20(7-11-28)13-17(26-34-20)18(29)25-15-4-8-27(9-5-15)19(30)31/h1-3,12,15H,4-11,13H2,(H,25,29)(H,30,31). The van der Waals surface area contributed by atoms with Gasteiger partial charge >= 0.3 is 12.3 Å². The summed E-state index contributed by atoms with van der Waals surface area (Å²) in [6, 6.07) is 3.45. The highest BCUT2D eigenvalue weighted by atomic mass is 32.2. The molecular formula is C21H25F3N4O6S. The zero-order valence-electron chi connectivity index (χ0n) is 18.6. The van der Waals surface area contributed by atoms with Crippen molar-refractivity contribution < 1.29 is 41.1 Å². The molecule has 0 unspecified atom stereocenters. The Labute approximate surface area is 199 Å². The molecule has 1 spiro atoms. The lowest BCUT2D eigenvalue weighted by Gasteiger charge is -2.36. The van der Waals surface area contributed by atoms with E-state index in [1.165, 1.54) is 4.90 Å². The van der Waals surface area contributed by atoms with Crippen molar-refractivity contribution in [1.82, 2.24) is 14.5 Å². The van der Waals surface area contributed by atoms with Crippen LogP contribution in [0.1, 0.15) is 37.7 Å². The van der Waals surface area contributed by atoms with E-state index in [1.54, 1.807) is 0 Å². The number of hydrogen-bond donors (Lipinski definition) is 2. The molecule has 0 aromatic heterocycles. The Morgan fingerprint density at radius 2 is 1.80 bits per heavy atom. The molecule has 0 saturated carbocycles. The fourth-order valence-corrected chi connectivity index (χ4v) is 6.00. The Morgan fingerprint density at radius 3 is 2.40 bits per heavy atom. The number of nitrogens with zero attached hydrogens (tertiary/aromatic N) is 3. The Kier molecular flexibility index (Phi) is 6.70. The molecule has 3 aliphatic heterocycles. The molecule has 0 radical (unpaired) electrons. The third-order valence-corrected chi connectivity index (χ3v) is 8.53. The van der Waals surface area contributed by atoms with Crippen LogP contribution in [0.5, 0.6) is 0 Å². The minimum Gasteiger partial charge on any atom is -0.465 e. The second kappa shape index (κ2) is 9.30. The average Bonchev–Trinajstić information content (AvgIpc) is 3.23. The van der Waals surface area contributed by atoms with Crippen LogP contribution < -0.4 is 5.32 Å². The van der Waals surface area contributed by atoms with E-state index in [0.717, 1.165) is 22.5 Å². The molecule has 2 saturated heterocycles. The third-order valence-electron chi connectivity index (χ3n) is 6.63. The smallest absolute Gasteiger partial charge is 0.416 e. The molecule has 14 heteroatoms. The van der Waals surface area contributed by atoms with Crippen molar-refractivity contribution in [3.63, 3.8) is 0 Å². The normalized spacial score (nSPS) is 21.5. The van der Waals surface area contributed by atoms with Crippen molar-refractivity contribution in [2.45, 2.75) is 54.8 Å². The summed E-state index contributed by atoms with van der Waals surface area (Å²) < 4.78 is 65.9. The molecule has 0 bridgehead atoms. The van der Waals surface area contributed by atoms with Gasteiger partial charge in [-0.05, 0) is 31.0 Å². The summed E-state index contributed by atoms with van der Waals surface area (Å²) in [6.45, 7) is 0.667. The molecule has 3 heterocycles. The largest absolute Gasteiger partial charge is 0.465 e. The van der Waals surface area contributed by atoms with Gasteiger partial charge < -0.3 is 20.2 Å². The fraction of sp³-hybridized carbons (Fsp3) is 0.571. The van der Waals surface area contributed by atoms with Gasteiger partial charge in [0.15, 0.2) is 0 Å². The molecule has 0 atom stereocenters. The fourth-order valence-electron chi connectivity index (χ4n) is 4.51. The first kappa shape index (κ1) is 25.2. The predicted octanol–water partition coefficient (Wildman–Crippen LogP) is 2.26. The van der Waals surface area contributed by atoms with Gasteiger partial charge in [-0.2, -0.15) is 17.5 Å². The SMILES string of the molecule is O=C(NC1CCN(C(=O)O)CC1)C1=NOC2(CCN(S(=O)(=O)c3cccc(C(F)(F)F)c3)CC2)C1. The van der Waals surface area contributed by atoms with Crippen molar-refractivity contribution >= 4 is 27.7 Å². The number of rotatable bonds is 4. The number of sulfonamides is 1. The van der Waals surface area contributed by atoms with Crippen LogP contribution in [0.2, 0.25) is 0 Å². The maximum Gasteiger partial charge on any atom is 0.416 e. The van der Waals surface area contributed by atoms with Gasteiger partial charge in [0, 0.05) is 51.5 Å². The van der Waals surface area contributed by atoms with Crippen LogP contribution in [0.3, 0.4) is 0 Å². The first-order valence-corrected chi connectivity index (χ1v) is 12.5. The van der Waals surface area contributed by atoms with Crippen molar-refractivity contribution in [3.05, 3.63) is 29.8 Å². The van der Waals surface area contributed by atoms with Gasteiger partial charge in [0.25, 0.3) is 5.91 Å². The van der Waals surface area contributed by atoms with Crippen molar-refractivity contribution in [2.75, 3.05) is 26.2 Å². The number of carbonyl (C=O) groups excluding carboxylic acids is 1. The molecular weight excluding hydrogens is 493 g/mol. The van der Waals surface area contributed by atoms with Crippen LogP contribution in [-0.4, -0.2) is 78.3 Å². The molecule has 35 heavy (non-hydrogen) atoms. The van der Waals surface area contributed by atoms with Gasteiger partial charge in [-0.1, -0.05) is 11.2 Å². The van der Waals surface area contributed by atoms with Crippen molar-refractivity contribution in [2.24, 2.45) is 5.16 Å². The lowest BCUT2D eigenvalue weighted by molar-refractivity contribution is -0.137. The summed E-state index contributed by atoms with van der Waals surface area (Å²) in [4.78, 5) is 30.0. The van der Waals surface area contributed by atoms with Crippen LogP contribution in [0.4, 0.5) is 18.0 Å². The van der Waals surface area contributed by atoms with E-state index >= 15 is 0 Å². The summed E-state index contributed by atoms with van der Waals surface area (Å²) in [6.07, 6.45) is -4.04. The minimum absolute atomic E-state index is 0.0106. The van der Waals surface area contributed by atoms with Crippen molar-refractivity contribution in [3.8, 4) is 0 Å². The van der Waals surface area contributed by atoms with Gasteiger partial charge in [0.2, 0.25) is 10.0 Å². The highest BCUT2D eigenvalue weighted by Crippen LogP contribution is 2.37. The Bertz CT molecular complexity index is 1120. The van der Waals surface area contributed by atoms with Crippen LogP contribution in [-0.2, 0) is 25.8 Å². The summed E-state index contributed by atoms with van der Waals surface area (Å²) in [5.74, 6) is -0.408. The van der Waals surface area contributed by atoms with E-state index in [9.17, 15) is 31.2 Å². The van der Waals surface area contributed by atoms with E-state index in [0.29, 0.717) is 32.0 Å². The lowest BCUT2D eigenvalue weighted by atomic mass is 9.87. The number of likely N-dealkylation sites (tertiary alicyclic amines) is 1. The minimum atomic E-state index is -4.66. The van der Waals surface area contributed by atoms with Crippen LogP contribution >= 0.6 is 0 Å². The highest BCUT2D eigenvalue weighted by molar-refractivity contribution is 7.89.